The molecule has 0 aliphatic rings. The van der Waals surface area contributed by atoms with E-state index in [0.717, 1.165) is 15.8 Å². The Hall–Kier alpha value is -0.580. The van der Waals surface area contributed by atoms with Gasteiger partial charge in [-0.2, -0.15) is 0 Å². The van der Waals surface area contributed by atoms with Crippen molar-refractivity contribution in [1.82, 2.24) is 0 Å². The SMILES string of the molecule is COc1ccc(Br)c(CC(CO)(CO)C(C)C)c1. The fourth-order valence-corrected chi connectivity index (χ4v) is 2.31. The van der Waals surface area contributed by atoms with Crippen LogP contribution in [0.3, 0.4) is 0 Å². The molecule has 1 rings (SSSR count). The second kappa shape index (κ2) is 6.55. The number of rotatable bonds is 6. The first-order valence-corrected chi connectivity index (χ1v) is 6.82. The lowest BCUT2D eigenvalue weighted by molar-refractivity contribution is 0.0161. The van der Waals surface area contributed by atoms with Crippen molar-refractivity contribution < 1.29 is 14.9 Å². The highest BCUT2D eigenvalue weighted by atomic mass is 79.9. The summed E-state index contributed by atoms with van der Waals surface area (Å²) in [6, 6.07) is 5.74. The minimum atomic E-state index is -0.505. The number of ether oxygens (including phenoxy) is 1. The molecule has 0 saturated heterocycles. The maximum absolute atomic E-state index is 9.62. The number of aliphatic hydroxyl groups excluding tert-OH is 2. The van der Waals surface area contributed by atoms with E-state index in [0.29, 0.717) is 6.42 Å². The van der Waals surface area contributed by atoms with Gasteiger partial charge in [0, 0.05) is 9.89 Å². The molecule has 0 saturated carbocycles. The van der Waals surface area contributed by atoms with E-state index >= 15 is 0 Å². The van der Waals surface area contributed by atoms with Crippen LogP contribution in [0.1, 0.15) is 19.4 Å². The zero-order valence-electron chi connectivity index (χ0n) is 11.1. The summed E-state index contributed by atoms with van der Waals surface area (Å²) in [7, 11) is 1.63. The maximum atomic E-state index is 9.62. The number of aliphatic hydroxyl groups is 2. The van der Waals surface area contributed by atoms with Gasteiger partial charge in [0.05, 0.1) is 20.3 Å². The van der Waals surface area contributed by atoms with Crippen LogP contribution in [0.4, 0.5) is 0 Å². The molecule has 2 N–H and O–H groups in total. The first-order chi connectivity index (χ1) is 8.49. The smallest absolute Gasteiger partial charge is 0.119 e. The third-order valence-electron chi connectivity index (χ3n) is 3.65. The van der Waals surface area contributed by atoms with Gasteiger partial charge in [0.1, 0.15) is 5.75 Å². The summed E-state index contributed by atoms with van der Waals surface area (Å²) < 4.78 is 6.17. The molecule has 0 amide bonds. The summed E-state index contributed by atoms with van der Waals surface area (Å²) in [4.78, 5) is 0. The Bertz CT molecular complexity index is 387. The molecule has 1 aromatic rings. The normalized spacial score (nSPS) is 11.9. The average Bonchev–Trinajstić information content (AvgIpc) is 2.37. The van der Waals surface area contributed by atoms with Gasteiger partial charge in [0.2, 0.25) is 0 Å². The van der Waals surface area contributed by atoms with E-state index in [-0.39, 0.29) is 19.1 Å². The predicted octanol–water partition coefficient (Wildman–Crippen LogP) is 2.63. The van der Waals surface area contributed by atoms with Crippen molar-refractivity contribution in [2.75, 3.05) is 20.3 Å². The molecule has 0 aliphatic heterocycles. The van der Waals surface area contributed by atoms with Gasteiger partial charge in [0.15, 0.2) is 0 Å². The minimum absolute atomic E-state index is 0.0369. The lowest BCUT2D eigenvalue weighted by Crippen LogP contribution is -2.37. The van der Waals surface area contributed by atoms with Gasteiger partial charge >= 0.3 is 0 Å². The van der Waals surface area contributed by atoms with Crippen molar-refractivity contribution in [3.63, 3.8) is 0 Å². The van der Waals surface area contributed by atoms with Gasteiger partial charge in [-0.15, -0.1) is 0 Å². The largest absolute Gasteiger partial charge is 0.497 e. The molecule has 3 nitrogen and oxygen atoms in total. The Morgan fingerprint density at radius 2 is 1.89 bits per heavy atom. The number of hydrogen-bond donors (Lipinski definition) is 2. The van der Waals surface area contributed by atoms with Crippen LogP contribution in [-0.4, -0.2) is 30.5 Å². The molecule has 0 spiro atoms. The second-order valence-electron chi connectivity index (χ2n) is 4.97. The number of hydrogen-bond acceptors (Lipinski definition) is 3. The Morgan fingerprint density at radius 1 is 1.28 bits per heavy atom. The van der Waals surface area contributed by atoms with Crippen molar-refractivity contribution in [2.45, 2.75) is 20.3 Å². The van der Waals surface area contributed by atoms with Gasteiger partial charge in [0.25, 0.3) is 0 Å². The van der Waals surface area contributed by atoms with Gasteiger partial charge in [-0.05, 0) is 36.1 Å². The van der Waals surface area contributed by atoms with Crippen molar-refractivity contribution in [3.05, 3.63) is 28.2 Å². The first kappa shape index (κ1) is 15.5. The summed E-state index contributed by atoms with van der Waals surface area (Å²) in [6.07, 6.45) is 0.607. The zero-order valence-corrected chi connectivity index (χ0v) is 12.7. The fraction of sp³-hybridized carbons (Fsp3) is 0.571. The van der Waals surface area contributed by atoms with Crippen LogP contribution in [0.15, 0.2) is 22.7 Å². The average molecular weight is 317 g/mol. The molecule has 0 heterocycles. The van der Waals surface area contributed by atoms with E-state index in [2.05, 4.69) is 15.9 Å². The van der Waals surface area contributed by atoms with Crippen LogP contribution >= 0.6 is 15.9 Å². The molecule has 102 valence electrons. The van der Waals surface area contributed by atoms with Crippen molar-refractivity contribution in [3.8, 4) is 5.75 Å². The molecule has 0 unspecified atom stereocenters. The van der Waals surface area contributed by atoms with Crippen LogP contribution in [0.25, 0.3) is 0 Å². The van der Waals surface area contributed by atoms with E-state index in [1.54, 1.807) is 7.11 Å². The summed E-state index contributed by atoms with van der Waals surface area (Å²) >= 11 is 3.50. The summed E-state index contributed by atoms with van der Waals surface area (Å²) in [5, 5.41) is 19.2. The minimum Gasteiger partial charge on any atom is -0.497 e. The van der Waals surface area contributed by atoms with Gasteiger partial charge < -0.3 is 14.9 Å². The summed E-state index contributed by atoms with van der Waals surface area (Å²) in [6.45, 7) is 3.96. The van der Waals surface area contributed by atoms with E-state index < -0.39 is 5.41 Å². The predicted molar refractivity (Wildman–Crippen MR) is 75.8 cm³/mol. The van der Waals surface area contributed by atoms with E-state index in [9.17, 15) is 10.2 Å². The van der Waals surface area contributed by atoms with Crippen LogP contribution < -0.4 is 4.74 Å². The molecule has 18 heavy (non-hydrogen) atoms. The first-order valence-electron chi connectivity index (χ1n) is 6.03. The quantitative estimate of drug-likeness (QED) is 0.848. The van der Waals surface area contributed by atoms with Crippen LogP contribution in [-0.2, 0) is 6.42 Å². The van der Waals surface area contributed by atoms with Gasteiger partial charge in [-0.25, -0.2) is 0 Å². The van der Waals surface area contributed by atoms with Crippen molar-refractivity contribution in [1.29, 1.82) is 0 Å². The van der Waals surface area contributed by atoms with E-state index in [1.165, 1.54) is 0 Å². The Labute approximate surface area is 117 Å². The highest BCUT2D eigenvalue weighted by molar-refractivity contribution is 9.10. The molecular weight excluding hydrogens is 296 g/mol. The molecule has 0 bridgehead atoms. The molecule has 0 aliphatic carbocycles. The molecular formula is C14H21BrO3. The lowest BCUT2D eigenvalue weighted by atomic mass is 9.74. The topological polar surface area (TPSA) is 49.7 Å². The third kappa shape index (κ3) is 3.25. The summed E-state index contributed by atoms with van der Waals surface area (Å²) in [5.74, 6) is 0.965. The van der Waals surface area contributed by atoms with Crippen molar-refractivity contribution >= 4 is 15.9 Å². The number of methoxy groups -OCH3 is 1. The Morgan fingerprint density at radius 3 is 2.33 bits per heavy atom. The molecule has 1 aromatic carbocycles. The monoisotopic (exact) mass is 316 g/mol. The molecule has 0 aromatic heterocycles. The van der Waals surface area contributed by atoms with E-state index in [4.69, 9.17) is 4.74 Å². The second-order valence-corrected chi connectivity index (χ2v) is 5.82. The number of benzene rings is 1. The highest BCUT2D eigenvalue weighted by Gasteiger charge is 2.33. The van der Waals surface area contributed by atoms with Crippen LogP contribution in [0.2, 0.25) is 0 Å². The zero-order chi connectivity index (χ0) is 13.8. The fourth-order valence-electron chi connectivity index (χ4n) is 1.92. The third-order valence-corrected chi connectivity index (χ3v) is 4.42. The standard InChI is InChI=1S/C14H21BrO3/c1-10(2)14(8-16,9-17)7-11-6-12(18-3)4-5-13(11)15/h4-6,10,16-17H,7-9H2,1-3H3. The van der Waals surface area contributed by atoms with Crippen molar-refractivity contribution in [2.24, 2.45) is 11.3 Å². The maximum Gasteiger partial charge on any atom is 0.119 e. The highest BCUT2D eigenvalue weighted by Crippen LogP contribution is 2.34. The lowest BCUT2D eigenvalue weighted by Gasteiger charge is -2.34. The number of halogens is 1. The van der Waals surface area contributed by atoms with Crippen LogP contribution in [0, 0.1) is 11.3 Å². The molecule has 0 fully saturated rings. The van der Waals surface area contributed by atoms with E-state index in [1.807, 2.05) is 32.0 Å². The van der Waals surface area contributed by atoms with Crippen LogP contribution in [0.5, 0.6) is 5.75 Å². The van der Waals surface area contributed by atoms with Gasteiger partial charge in [-0.3, -0.25) is 0 Å². The summed E-state index contributed by atoms with van der Waals surface area (Å²) in [5.41, 5.74) is 0.528. The molecule has 0 radical (unpaired) electrons. The van der Waals surface area contributed by atoms with Gasteiger partial charge in [-0.1, -0.05) is 29.8 Å². The molecule has 0 atom stereocenters. The molecule has 4 heteroatoms. The Kier molecular flexibility index (Phi) is 5.63. The Balaban J connectivity index is 3.07.